The third kappa shape index (κ3) is 3.79. The summed E-state index contributed by atoms with van der Waals surface area (Å²) in [5.41, 5.74) is 1.02. The molecule has 0 bridgehead atoms. The van der Waals surface area contributed by atoms with Gasteiger partial charge in [-0.1, -0.05) is 19.1 Å². The van der Waals surface area contributed by atoms with Gasteiger partial charge in [0.1, 0.15) is 5.82 Å². The zero-order valence-corrected chi connectivity index (χ0v) is 11.0. The maximum absolute atomic E-state index is 13.3. The zero-order valence-electron chi connectivity index (χ0n) is 11.0. The summed E-state index contributed by atoms with van der Waals surface area (Å²) >= 11 is 0. The van der Waals surface area contributed by atoms with Crippen molar-refractivity contribution in [2.75, 3.05) is 13.2 Å². The Morgan fingerprint density at radius 1 is 1.44 bits per heavy atom. The molecule has 0 amide bonds. The van der Waals surface area contributed by atoms with E-state index in [4.69, 9.17) is 4.74 Å². The largest absolute Gasteiger partial charge is 0.378 e. The van der Waals surface area contributed by atoms with Crippen molar-refractivity contribution < 1.29 is 9.13 Å². The van der Waals surface area contributed by atoms with Crippen molar-refractivity contribution in [2.24, 2.45) is 0 Å². The first-order valence-electron chi connectivity index (χ1n) is 6.90. The highest BCUT2D eigenvalue weighted by Gasteiger charge is 2.20. The number of hydrogen-bond donors (Lipinski definition) is 1. The first-order valence-corrected chi connectivity index (χ1v) is 6.90. The summed E-state index contributed by atoms with van der Waals surface area (Å²) < 4.78 is 19.1. The monoisotopic (exact) mass is 251 g/mol. The smallest absolute Gasteiger partial charge is 0.123 e. The van der Waals surface area contributed by atoms with Crippen molar-refractivity contribution >= 4 is 0 Å². The SMILES string of the molecule is CCNC(CC1CCCCO1)c1cccc(F)c1. The van der Waals surface area contributed by atoms with E-state index in [1.54, 1.807) is 12.1 Å². The fourth-order valence-corrected chi connectivity index (χ4v) is 2.56. The minimum Gasteiger partial charge on any atom is -0.378 e. The lowest BCUT2D eigenvalue weighted by Gasteiger charge is -2.27. The second-order valence-electron chi connectivity index (χ2n) is 4.89. The van der Waals surface area contributed by atoms with Gasteiger partial charge in [0.2, 0.25) is 0 Å². The Labute approximate surface area is 109 Å². The minimum atomic E-state index is -0.167. The van der Waals surface area contributed by atoms with Crippen LogP contribution in [0.25, 0.3) is 0 Å². The summed E-state index contributed by atoms with van der Waals surface area (Å²) in [6.07, 6.45) is 4.77. The van der Waals surface area contributed by atoms with E-state index < -0.39 is 0 Å². The third-order valence-corrected chi connectivity index (χ3v) is 3.47. The van der Waals surface area contributed by atoms with Gasteiger partial charge in [-0.2, -0.15) is 0 Å². The maximum Gasteiger partial charge on any atom is 0.123 e. The standard InChI is InChI=1S/C15H22FNO/c1-2-17-15(11-14-8-3-4-9-18-14)12-6-5-7-13(16)10-12/h5-7,10,14-15,17H,2-4,8-9,11H2,1H3. The van der Waals surface area contributed by atoms with E-state index in [2.05, 4.69) is 12.2 Å². The molecule has 0 radical (unpaired) electrons. The third-order valence-electron chi connectivity index (χ3n) is 3.47. The van der Waals surface area contributed by atoms with Crippen LogP contribution in [0.1, 0.15) is 44.2 Å². The molecule has 100 valence electrons. The molecule has 1 aromatic rings. The number of hydrogen-bond acceptors (Lipinski definition) is 2. The predicted octanol–water partition coefficient (Wildman–Crippen LogP) is 3.44. The molecule has 2 rings (SSSR count). The average molecular weight is 251 g/mol. The second kappa shape index (κ2) is 6.86. The summed E-state index contributed by atoms with van der Waals surface area (Å²) in [4.78, 5) is 0. The normalized spacial score (nSPS) is 21.8. The van der Waals surface area contributed by atoms with Crippen LogP contribution in [-0.4, -0.2) is 19.3 Å². The Morgan fingerprint density at radius 2 is 2.33 bits per heavy atom. The molecule has 1 aliphatic rings. The average Bonchev–Trinajstić information content (AvgIpc) is 2.39. The number of nitrogens with one attached hydrogen (secondary N) is 1. The summed E-state index contributed by atoms with van der Waals surface area (Å²) in [5.74, 6) is -0.167. The highest BCUT2D eigenvalue weighted by Crippen LogP contribution is 2.25. The minimum absolute atomic E-state index is 0.167. The molecule has 0 spiro atoms. The molecular weight excluding hydrogens is 229 g/mol. The first kappa shape index (κ1) is 13.5. The molecule has 0 saturated carbocycles. The highest BCUT2D eigenvalue weighted by atomic mass is 19.1. The number of ether oxygens (including phenoxy) is 1. The topological polar surface area (TPSA) is 21.3 Å². The van der Waals surface area contributed by atoms with Gasteiger partial charge in [-0.05, 0) is 49.9 Å². The number of benzene rings is 1. The Balaban J connectivity index is 2.02. The number of rotatable bonds is 5. The molecule has 0 aromatic heterocycles. The lowest BCUT2D eigenvalue weighted by atomic mass is 9.96. The van der Waals surface area contributed by atoms with Crippen LogP contribution >= 0.6 is 0 Å². The van der Waals surface area contributed by atoms with Gasteiger partial charge < -0.3 is 10.1 Å². The Morgan fingerprint density at radius 3 is 3.00 bits per heavy atom. The van der Waals surface area contributed by atoms with Crippen LogP contribution in [0.2, 0.25) is 0 Å². The lowest BCUT2D eigenvalue weighted by Crippen LogP contribution is -2.28. The summed E-state index contributed by atoms with van der Waals surface area (Å²) in [6.45, 7) is 3.83. The molecule has 1 aromatic carbocycles. The van der Waals surface area contributed by atoms with Gasteiger partial charge in [-0.15, -0.1) is 0 Å². The fourth-order valence-electron chi connectivity index (χ4n) is 2.56. The molecule has 18 heavy (non-hydrogen) atoms. The first-order chi connectivity index (χ1) is 8.79. The van der Waals surface area contributed by atoms with Gasteiger partial charge in [-0.3, -0.25) is 0 Å². The molecule has 3 heteroatoms. The molecule has 2 nitrogen and oxygen atoms in total. The predicted molar refractivity (Wildman–Crippen MR) is 71.0 cm³/mol. The van der Waals surface area contributed by atoms with E-state index in [0.717, 1.165) is 31.6 Å². The molecule has 1 aliphatic heterocycles. The van der Waals surface area contributed by atoms with Crippen LogP contribution in [0.15, 0.2) is 24.3 Å². The van der Waals surface area contributed by atoms with Gasteiger partial charge in [0.25, 0.3) is 0 Å². The van der Waals surface area contributed by atoms with Crippen LogP contribution < -0.4 is 5.32 Å². The van der Waals surface area contributed by atoms with Crippen molar-refractivity contribution in [1.82, 2.24) is 5.32 Å². The summed E-state index contributed by atoms with van der Waals surface area (Å²) in [6, 6.07) is 7.06. The van der Waals surface area contributed by atoms with Gasteiger partial charge in [0, 0.05) is 12.6 Å². The maximum atomic E-state index is 13.3. The van der Waals surface area contributed by atoms with Gasteiger partial charge in [0.05, 0.1) is 6.10 Å². The molecule has 2 atom stereocenters. The molecule has 0 aliphatic carbocycles. The van der Waals surface area contributed by atoms with Crippen LogP contribution in [-0.2, 0) is 4.74 Å². The van der Waals surface area contributed by atoms with Crippen LogP contribution in [0.4, 0.5) is 4.39 Å². The summed E-state index contributed by atoms with van der Waals surface area (Å²) in [7, 11) is 0. The molecule has 1 fully saturated rings. The molecular formula is C15H22FNO. The molecule has 2 unspecified atom stereocenters. The van der Waals surface area contributed by atoms with E-state index >= 15 is 0 Å². The highest BCUT2D eigenvalue weighted by molar-refractivity contribution is 5.20. The Kier molecular flexibility index (Phi) is 5.14. The van der Waals surface area contributed by atoms with Crippen molar-refractivity contribution in [3.05, 3.63) is 35.6 Å². The zero-order chi connectivity index (χ0) is 12.8. The van der Waals surface area contributed by atoms with Crippen molar-refractivity contribution in [3.63, 3.8) is 0 Å². The van der Waals surface area contributed by atoms with E-state index in [0.29, 0.717) is 6.10 Å². The number of halogens is 1. The van der Waals surface area contributed by atoms with Crippen LogP contribution in [0, 0.1) is 5.82 Å². The molecule has 1 heterocycles. The molecule has 1 N–H and O–H groups in total. The quantitative estimate of drug-likeness (QED) is 0.865. The Bertz CT molecular complexity index is 363. The van der Waals surface area contributed by atoms with Gasteiger partial charge in [-0.25, -0.2) is 4.39 Å². The van der Waals surface area contributed by atoms with E-state index in [1.807, 2.05) is 6.07 Å². The van der Waals surface area contributed by atoms with E-state index in [-0.39, 0.29) is 11.9 Å². The van der Waals surface area contributed by atoms with Gasteiger partial charge >= 0.3 is 0 Å². The second-order valence-corrected chi connectivity index (χ2v) is 4.89. The van der Waals surface area contributed by atoms with Crippen LogP contribution in [0.3, 0.4) is 0 Å². The van der Waals surface area contributed by atoms with Gasteiger partial charge in [0.15, 0.2) is 0 Å². The van der Waals surface area contributed by atoms with Crippen molar-refractivity contribution in [1.29, 1.82) is 0 Å². The summed E-state index contributed by atoms with van der Waals surface area (Å²) in [5, 5.41) is 3.43. The Hall–Kier alpha value is -0.930. The lowest BCUT2D eigenvalue weighted by molar-refractivity contribution is 0.00512. The van der Waals surface area contributed by atoms with Crippen molar-refractivity contribution in [3.8, 4) is 0 Å². The fraction of sp³-hybridized carbons (Fsp3) is 0.600. The van der Waals surface area contributed by atoms with E-state index in [1.165, 1.54) is 18.9 Å². The molecule has 1 saturated heterocycles. The van der Waals surface area contributed by atoms with E-state index in [9.17, 15) is 4.39 Å². The van der Waals surface area contributed by atoms with Crippen LogP contribution in [0.5, 0.6) is 0 Å². The van der Waals surface area contributed by atoms with Crippen molar-refractivity contribution in [2.45, 2.75) is 44.8 Å².